The molecule has 19 heavy (non-hydrogen) atoms. The van der Waals surface area contributed by atoms with Crippen LogP contribution in [0.5, 0.6) is 5.75 Å². The molecular formula is C15H15F2NO. The highest BCUT2D eigenvalue weighted by atomic mass is 19.3. The number of benzene rings is 2. The van der Waals surface area contributed by atoms with Gasteiger partial charge >= 0.3 is 6.61 Å². The van der Waals surface area contributed by atoms with Gasteiger partial charge in [0.1, 0.15) is 5.75 Å². The first kappa shape index (κ1) is 13.3. The van der Waals surface area contributed by atoms with Crippen molar-refractivity contribution in [2.75, 3.05) is 5.32 Å². The molecule has 0 aliphatic carbocycles. The highest BCUT2D eigenvalue weighted by Crippen LogP contribution is 2.16. The Morgan fingerprint density at radius 2 is 1.63 bits per heavy atom. The second-order valence-corrected chi connectivity index (χ2v) is 4.24. The number of rotatable bonds is 5. The summed E-state index contributed by atoms with van der Waals surface area (Å²) in [6.45, 7) is -0.111. The standard InChI is InChI=1S/C15H15F2NO/c1-11-2-6-13(7-3-11)18-10-12-4-8-14(9-5-12)19-15(16)17/h2-9,15,18H,10H2,1H3. The highest BCUT2D eigenvalue weighted by molar-refractivity contribution is 5.45. The molecule has 0 aromatic heterocycles. The van der Waals surface area contributed by atoms with E-state index in [4.69, 9.17) is 0 Å². The molecule has 0 radical (unpaired) electrons. The van der Waals surface area contributed by atoms with Gasteiger partial charge in [0.05, 0.1) is 0 Å². The predicted octanol–water partition coefficient (Wildman–Crippen LogP) is 4.21. The van der Waals surface area contributed by atoms with Gasteiger partial charge in [-0.2, -0.15) is 8.78 Å². The maximum Gasteiger partial charge on any atom is 0.387 e. The monoisotopic (exact) mass is 263 g/mol. The third-order valence-electron chi connectivity index (χ3n) is 2.70. The van der Waals surface area contributed by atoms with Crippen LogP contribution in [0, 0.1) is 6.92 Å². The average Bonchev–Trinajstić information content (AvgIpc) is 2.39. The first-order chi connectivity index (χ1) is 9.13. The van der Waals surface area contributed by atoms with E-state index < -0.39 is 6.61 Å². The van der Waals surface area contributed by atoms with Crippen LogP contribution in [0.15, 0.2) is 48.5 Å². The molecule has 0 fully saturated rings. The molecule has 2 rings (SSSR count). The van der Waals surface area contributed by atoms with Gasteiger partial charge in [-0.05, 0) is 36.8 Å². The third kappa shape index (κ3) is 4.25. The Morgan fingerprint density at radius 3 is 2.21 bits per heavy atom. The number of alkyl halides is 2. The van der Waals surface area contributed by atoms with E-state index in [1.807, 2.05) is 31.2 Å². The van der Waals surface area contributed by atoms with E-state index in [1.165, 1.54) is 17.7 Å². The van der Waals surface area contributed by atoms with Gasteiger partial charge in [-0.25, -0.2) is 0 Å². The summed E-state index contributed by atoms with van der Waals surface area (Å²) in [6.07, 6.45) is 0. The lowest BCUT2D eigenvalue weighted by atomic mass is 10.2. The predicted molar refractivity (Wildman–Crippen MR) is 71.6 cm³/mol. The molecule has 0 saturated heterocycles. The van der Waals surface area contributed by atoms with E-state index in [1.54, 1.807) is 12.1 Å². The summed E-state index contributed by atoms with van der Waals surface area (Å²) in [7, 11) is 0. The number of anilines is 1. The van der Waals surface area contributed by atoms with Gasteiger partial charge in [0.25, 0.3) is 0 Å². The van der Waals surface area contributed by atoms with Crippen LogP contribution in [0.3, 0.4) is 0 Å². The summed E-state index contributed by atoms with van der Waals surface area (Å²) in [6, 6.07) is 14.7. The second kappa shape index (κ2) is 6.18. The van der Waals surface area contributed by atoms with Crippen LogP contribution in [0.1, 0.15) is 11.1 Å². The molecule has 0 heterocycles. The van der Waals surface area contributed by atoms with Crippen LogP contribution in [0.25, 0.3) is 0 Å². The molecule has 2 nitrogen and oxygen atoms in total. The van der Waals surface area contributed by atoms with E-state index >= 15 is 0 Å². The third-order valence-corrected chi connectivity index (χ3v) is 2.70. The van der Waals surface area contributed by atoms with E-state index in [0.29, 0.717) is 6.54 Å². The van der Waals surface area contributed by atoms with Gasteiger partial charge in [-0.1, -0.05) is 29.8 Å². The van der Waals surface area contributed by atoms with Gasteiger partial charge in [0.2, 0.25) is 0 Å². The fraction of sp³-hybridized carbons (Fsp3) is 0.200. The van der Waals surface area contributed by atoms with Crippen molar-refractivity contribution in [1.82, 2.24) is 0 Å². The fourth-order valence-corrected chi connectivity index (χ4v) is 1.66. The van der Waals surface area contributed by atoms with Crippen LogP contribution in [0.4, 0.5) is 14.5 Å². The van der Waals surface area contributed by atoms with Crippen LogP contribution < -0.4 is 10.1 Å². The molecule has 100 valence electrons. The minimum Gasteiger partial charge on any atom is -0.435 e. The number of aryl methyl sites for hydroxylation is 1. The number of halogens is 2. The van der Waals surface area contributed by atoms with Crippen LogP contribution in [0.2, 0.25) is 0 Å². The zero-order valence-corrected chi connectivity index (χ0v) is 10.6. The Balaban J connectivity index is 1.91. The van der Waals surface area contributed by atoms with Crippen molar-refractivity contribution >= 4 is 5.69 Å². The Bertz CT molecular complexity index is 509. The molecule has 2 aromatic rings. The normalized spacial score (nSPS) is 10.5. The lowest BCUT2D eigenvalue weighted by Gasteiger charge is -2.08. The van der Waals surface area contributed by atoms with E-state index in [2.05, 4.69) is 10.1 Å². The molecule has 0 amide bonds. The Hall–Kier alpha value is -2.10. The fourth-order valence-electron chi connectivity index (χ4n) is 1.66. The van der Waals surface area contributed by atoms with Crippen molar-refractivity contribution in [2.24, 2.45) is 0 Å². The first-order valence-corrected chi connectivity index (χ1v) is 5.98. The van der Waals surface area contributed by atoms with Crippen molar-refractivity contribution in [1.29, 1.82) is 0 Å². The van der Waals surface area contributed by atoms with Gasteiger partial charge in [-0.15, -0.1) is 0 Å². The minimum atomic E-state index is -2.78. The summed E-state index contributed by atoms with van der Waals surface area (Å²) < 4.78 is 28.3. The quantitative estimate of drug-likeness (QED) is 0.872. The Labute approximate surface area is 111 Å². The number of hydrogen-bond acceptors (Lipinski definition) is 2. The average molecular weight is 263 g/mol. The summed E-state index contributed by atoms with van der Waals surface area (Å²) in [5, 5.41) is 3.26. The molecule has 2 aromatic carbocycles. The Kier molecular flexibility index (Phi) is 4.34. The number of ether oxygens (including phenoxy) is 1. The van der Waals surface area contributed by atoms with Crippen LogP contribution >= 0.6 is 0 Å². The Morgan fingerprint density at radius 1 is 1.00 bits per heavy atom. The molecular weight excluding hydrogens is 248 g/mol. The lowest BCUT2D eigenvalue weighted by molar-refractivity contribution is -0.0498. The number of hydrogen-bond donors (Lipinski definition) is 1. The summed E-state index contributed by atoms with van der Waals surface area (Å²) in [4.78, 5) is 0. The molecule has 0 aliphatic heterocycles. The van der Waals surface area contributed by atoms with Crippen molar-refractivity contribution in [3.8, 4) is 5.75 Å². The maximum absolute atomic E-state index is 12.0. The number of nitrogens with one attached hydrogen (secondary N) is 1. The van der Waals surface area contributed by atoms with E-state index in [-0.39, 0.29) is 5.75 Å². The minimum absolute atomic E-state index is 0.175. The second-order valence-electron chi connectivity index (χ2n) is 4.24. The summed E-state index contributed by atoms with van der Waals surface area (Å²) in [5.74, 6) is 0.175. The van der Waals surface area contributed by atoms with Gasteiger partial charge in [0, 0.05) is 12.2 Å². The van der Waals surface area contributed by atoms with Crippen LogP contribution in [-0.2, 0) is 6.54 Å². The lowest BCUT2D eigenvalue weighted by Crippen LogP contribution is -2.02. The van der Waals surface area contributed by atoms with Crippen molar-refractivity contribution in [3.05, 3.63) is 59.7 Å². The topological polar surface area (TPSA) is 21.3 Å². The molecule has 0 aliphatic rings. The van der Waals surface area contributed by atoms with Gasteiger partial charge in [0.15, 0.2) is 0 Å². The smallest absolute Gasteiger partial charge is 0.387 e. The van der Waals surface area contributed by atoms with Crippen molar-refractivity contribution < 1.29 is 13.5 Å². The highest BCUT2D eigenvalue weighted by Gasteiger charge is 2.03. The van der Waals surface area contributed by atoms with Crippen LogP contribution in [-0.4, -0.2) is 6.61 Å². The first-order valence-electron chi connectivity index (χ1n) is 5.98. The van der Waals surface area contributed by atoms with Gasteiger partial charge in [-0.3, -0.25) is 0 Å². The molecule has 0 atom stereocenters. The molecule has 0 bridgehead atoms. The largest absolute Gasteiger partial charge is 0.435 e. The van der Waals surface area contributed by atoms with Gasteiger partial charge < -0.3 is 10.1 Å². The van der Waals surface area contributed by atoms with Crippen molar-refractivity contribution in [2.45, 2.75) is 20.1 Å². The maximum atomic E-state index is 12.0. The van der Waals surface area contributed by atoms with E-state index in [9.17, 15) is 8.78 Å². The van der Waals surface area contributed by atoms with Crippen molar-refractivity contribution in [3.63, 3.8) is 0 Å². The van der Waals surface area contributed by atoms with E-state index in [0.717, 1.165) is 11.3 Å². The zero-order chi connectivity index (χ0) is 13.7. The summed E-state index contributed by atoms with van der Waals surface area (Å²) in [5.41, 5.74) is 3.24. The zero-order valence-electron chi connectivity index (χ0n) is 10.6. The molecule has 0 spiro atoms. The molecule has 4 heteroatoms. The summed E-state index contributed by atoms with van der Waals surface area (Å²) >= 11 is 0. The molecule has 0 saturated carbocycles. The molecule has 1 N–H and O–H groups in total. The SMILES string of the molecule is Cc1ccc(NCc2ccc(OC(F)F)cc2)cc1. The molecule has 0 unspecified atom stereocenters.